The highest BCUT2D eigenvalue weighted by atomic mass is 16.5. The lowest BCUT2D eigenvalue weighted by Crippen LogP contribution is -2.46. The Morgan fingerprint density at radius 3 is 2.80 bits per heavy atom. The molecule has 8 nitrogen and oxygen atoms in total. The van der Waals surface area contributed by atoms with Gasteiger partial charge in [0.15, 0.2) is 11.5 Å². The van der Waals surface area contributed by atoms with E-state index in [-0.39, 0.29) is 18.9 Å². The normalized spacial score (nSPS) is 21.6. The van der Waals surface area contributed by atoms with Crippen molar-refractivity contribution < 1.29 is 9.84 Å². The van der Waals surface area contributed by atoms with Crippen molar-refractivity contribution in [3.05, 3.63) is 48.5 Å². The maximum Gasteiger partial charge on any atom is 0.167 e. The van der Waals surface area contributed by atoms with Crippen molar-refractivity contribution >= 4 is 17.0 Å². The Labute approximate surface area is 144 Å². The van der Waals surface area contributed by atoms with Gasteiger partial charge in [0.25, 0.3) is 0 Å². The number of aliphatic hydroxyl groups is 1. The Balaban J connectivity index is 1.60. The van der Waals surface area contributed by atoms with Crippen molar-refractivity contribution in [2.24, 2.45) is 0 Å². The number of hydrogen-bond donors (Lipinski definition) is 2. The van der Waals surface area contributed by atoms with E-state index in [0.717, 1.165) is 6.54 Å². The molecule has 3 aromatic rings. The van der Waals surface area contributed by atoms with E-state index in [1.807, 2.05) is 22.8 Å². The average molecular weight is 340 g/mol. The first kappa shape index (κ1) is 15.9. The first-order chi connectivity index (χ1) is 12.2. The molecule has 0 unspecified atom stereocenters. The minimum atomic E-state index is -0.297. The number of nitrogens with two attached hydrogens (primary N) is 1. The predicted octanol–water partition coefficient (Wildman–Crippen LogP) is 0.800. The van der Waals surface area contributed by atoms with Gasteiger partial charge in [0.2, 0.25) is 0 Å². The molecule has 0 amide bonds. The Hall–Kier alpha value is -2.55. The van der Waals surface area contributed by atoms with Crippen molar-refractivity contribution in [2.75, 3.05) is 25.4 Å². The van der Waals surface area contributed by atoms with Crippen molar-refractivity contribution in [1.82, 2.24) is 24.4 Å². The van der Waals surface area contributed by atoms with E-state index in [9.17, 15) is 5.11 Å². The Morgan fingerprint density at radius 1 is 1.16 bits per heavy atom. The second kappa shape index (κ2) is 6.75. The van der Waals surface area contributed by atoms with Crippen LogP contribution in [0.5, 0.6) is 0 Å². The number of imidazole rings is 1. The fraction of sp³-hybridized carbons (Fsp3) is 0.353. The highest BCUT2D eigenvalue weighted by Crippen LogP contribution is 2.25. The molecule has 1 aromatic carbocycles. The number of aromatic nitrogens is 4. The summed E-state index contributed by atoms with van der Waals surface area (Å²) >= 11 is 0. The third-order valence-electron chi connectivity index (χ3n) is 4.38. The number of hydrogen-bond acceptors (Lipinski definition) is 7. The SMILES string of the molecule is Nc1ncnc2c1ncn2[C@H]1CN(Cc2ccccc2)C[C@@H](CO)O1. The number of ether oxygens (including phenoxy) is 1. The quantitative estimate of drug-likeness (QED) is 0.724. The number of anilines is 1. The van der Waals surface area contributed by atoms with E-state index in [1.165, 1.54) is 11.9 Å². The zero-order chi connectivity index (χ0) is 17.2. The van der Waals surface area contributed by atoms with Crippen LogP contribution in [0.4, 0.5) is 5.82 Å². The zero-order valence-corrected chi connectivity index (χ0v) is 13.7. The van der Waals surface area contributed by atoms with Crippen LogP contribution in [0.3, 0.4) is 0 Å². The summed E-state index contributed by atoms with van der Waals surface area (Å²) in [6.45, 7) is 2.10. The molecule has 1 saturated heterocycles. The number of aliphatic hydroxyl groups excluding tert-OH is 1. The molecule has 1 fully saturated rings. The van der Waals surface area contributed by atoms with E-state index < -0.39 is 0 Å². The number of rotatable bonds is 4. The highest BCUT2D eigenvalue weighted by Gasteiger charge is 2.30. The monoisotopic (exact) mass is 340 g/mol. The third-order valence-corrected chi connectivity index (χ3v) is 4.38. The number of benzene rings is 1. The Bertz CT molecular complexity index is 853. The van der Waals surface area contributed by atoms with Crippen LogP contribution in [0.25, 0.3) is 11.2 Å². The summed E-state index contributed by atoms with van der Waals surface area (Å²) in [6, 6.07) is 10.3. The Morgan fingerprint density at radius 2 is 2.00 bits per heavy atom. The Kier molecular flexibility index (Phi) is 4.31. The molecular weight excluding hydrogens is 320 g/mol. The molecule has 3 heterocycles. The summed E-state index contributed by atoms with van der Waals surface area (Å²) in [4.78, 5) is 14.8. The maximum absolute atomic E-state index is 9.63. The number of fused-ring (bicyclic) bond motifs is 1. The molecule has 0 saturated carbocycles. The first-order valence-electron chi connectivity index (χ1n) is 8.20. The van der Waals surface area contributed by atoms with Gasteiger partial charge in [-0.3, -0.25) is 9.47 Å². The minimum absolute atomic E-state index is 0.0362. The van der Waals surface area contributed by atoms with E-state index >= 15 is 0 Å². The summed E-state index contributed by atoms with van der Waals surface area (Å²) in [6.07, 6.45) is 2.53. The van der Waals surface area contributed by atoms with Crippen LogP contribution in [0.1, 0.15) is 11.8 Å². The van der Waals surface area contributed by atoms with E-state index in [0.29, 0.717) is 30.1 Å². The summed E-state index contributed by atoms with van der Waals surface area (Å²) in [7, 11) is 0. The summed E-state index contributed by atoms with van der Waals surface area (Å²) in [5.74, 6) is 0.347. The van der Waals surface area contributed by atoms with Crippen LogP contribution in [0.15, 0.2) is 43.0 Å². The number of morpholine rings is 1. The fourth-order valence-electron chi connectivity index (χ4n) is 3.20. The topological polar surface area (TPSA) is 102 Å². The molecule has 2 atom stereocenters. The van der Waals surface area contributed by atoms with Gasteiger partial charge in [0, 0.05) is 19.6 Å². The van der Waals surface area contributed by atoms with Gasteiger partial charge in [0.05, 0.1) is 19.0 Å². The summed E-state index contributed by atoms with van der Waals surface area (Å²) in [5.41, 5.74) is 8.28. The lowest BCUT2D eigenvalue weighted by atomic mass is 10.2. The largest absolute Gasteiger partial charge is 0.394 e. The molecule has 4 rings (SSSR count). The van der Waals surface area contributed by atoms with Gasteiger partial charge in [-0.05, 0) is 5.56 Å². The minimum Gasteiger partial charge on any atom is -0.394 e. The van der Waals surface area contributed by atoms with Gasteiger partial charge >= 0.3 is 0 Å². The molecule has 1 aliphatic rings. The van der Waals surface area contributed by atoms with E-state index in [2.05, 4.69) is 32.0 Å². The van der Waals surface area contributed by atoms with E-state index in [1.54, 1.807) is 6.33 Å². The molecule has 8 heteroatoms. The van der Waals surface area contributed by atoms with Gasteiger partial charge in [-0.25, -0.2) is 15.0 Å². The highest BCUT2D eigenvalue weighted by molar-refractivity contribution is 5.81. The number of nitrogens with zero attached hydrogens (tertiary/aromatic N) is 5. The van der Waals surface area contributed by atoms with Crippen LogP contribution in [-0.4, -0.2) is 55.3 Å². The van der Waals surface area contributed by atoms with Crippen molar-refractivity contribution in [3.8, 4) is 0 Å². The van der Waals surface area contributed by atoms with Crippen LogP contribution < -0.4 is 5.73 Å². The van der Waals surface area contributed by atoms with Crippen LogP contribution >= 0.6 is 0 Å². The van der Waals surface area contributed by atoms with Gasteiger partial charge in [-0.15, -0.1) is 0 Å². The maximum atomic E-state index is 9.63. The first-order valence-corrected chi connectivity index (χ1v) is 8.20. The molecular formula is C17H20N6O2. The molecule has 0 bridgehead atoms. The van der Waals surface area contributed by atoms with Crippen LogP contribution in [-0.2, 0) is 11.3 Å². The second-order valence-corrected chi connectivity index (χ2v) is 6.16. The molecule has 0 radical (unpaired) electrons. The van der Waals surface area contributed by atoms with Gasteiger partial charge < -0.3 is 15.6 Å². The second-order valence-electron chi connectivity index (χ2n) is 6.16. The average Bonchev–Trinajstić information content (AvgIpc) is 3.08. The van der Waals surface area contributed by atoms with Crippen molar-refractivity contribution in [2.45, 2.75) is 18.9 Å². The van der Waals surface area contributed by atoms with E-state index in [4.69, 9.17) is 10.5 Å². The van der Waals surface area contributed by atoms with Gasteiger partial charge in [-0.2, -0.15) is 0 Å². The summed E-state index contributed by atoms with van der Waals surface area (Å²) < 4.78 is 7.88. The van der Waals surface area contributed by atoms with Crippen LogP contribution in [0, 0.1) is 0 Å². The molecule has 2 aromatic heterocycles. The van der Waals surface area contributed by atoms with Gasteiger partial charge in [0.1, 0.15) is 18.1 Å². The summed E-state index contributed by atoms with van der Waals surface area (Å²) in [5, 5.41) is 9.63. The molecule has 0 aliphatic carbocycles. The molecule has 1 aliphatic heterocycles. The molecule has 25 heavy (non-hydrogen) atoms. The van der Waals surface area contributed by atoms with Crippen molar-refractivity contribution in [3.63, 3.8) is 0 Å². The molecule has 130 valence electrons. The third kappa shape index (κ3) is 3.19. The zero-order valence-electron chi connectivity index (χ0n) is 13.7. The molecule has 3 N–H and O–H groups in total. The van der Waals surface area contributed by atoms with Crippen molar-refractivity contribution in [1.29, 1.82) is 0 Å². The predicted molar refractivity (Wildman–Crippen MR) is 92.5 cm³/mol. The van der Waals surface area contributed by atoms with Crippen LogP contribution in [0.2, 0.25) is 0 Å². The standard InChI is InChI=1S/C17H20N6O2/c18-16-15-17(20-10-19-16)23(11-21-15)14-8-22(7-13(9-24)25-14)6-12-4-2-1-3-5-12/h1-5,10-11,13-14,24H,6-9H2,(H2,18,19,20)/t13-,14+/m0/s1. The molecule has 0 spiro atoms. The lowest BCUT2D eigenvalue weighted by Gasteiger charge is -2.37. The number of nitrogen functional groups attached to an aromatic ring is 1. The fourth-order valence-corrected chi connectivity index (χ4v) is 3.20. The van der Waals surface area contributed by atoms with Gasteiger partial charge in [-0.1, -0.05) is 30.3 Å². The smallest absolute Gasteiger partial charge is 0.167 e. The lowest BCUT2D eigenvalue weighted by molar-refractivity contribution is -0.135.